The van der Waals surface area contributed by atoms with E-state index in [1.807, 2.05) is 37.3 Å². The van der Waals surface area contributed by atoms with Gasteiger partial charge in [0, 0.05) is 11.1 Å². The molecule has 1 N–H and O–H groups in total. The molecular weight excluding hydrogens is 408 g/mol. The molecule has 0 fully saturated rings. The van der Waals surface area contributed by atoms with E-state index in [1.165, 1.54) is 7.11 Å². The summed E-state index contributed by atoms with van der Waals surface area (Å²) in [4.78, 5) is 13.4. The van der Waals surface area contributed by atoms with Crippen molar-refractivity contribution < 1.29 is 14.1 Å². The summed E-state index contributed by atoms with van der Waals surface area (Å²) in [6.45, 7) is 1.84. The maximum absolute atomic E-state index is 13.2. The van der Waals surface area contributed by atoms with Crippen molar-refractivity contribution in [3.8, 4) is 5.75 Å². The lowest BCUT2D eigenvalue weighted by Gasteiger charge is -2.23. The van der Waals surface area contributed by atoms with Crippen LogP contribution in [0.4, 0.5) is 11.4 Å². The lowest BCUT2D eigenvalue weighted by molar-refractivity contribution is 0.102. The fraction of sp³-hybridized carbons (Fsp3) is 0.136. The molecule has 0 aliphatic rings. The van der Waals surface area contributed by atoms with Crippen LogP contribution in [0.5, 0.6) is 5.75 Å². The van der Waals surface area contributed by atoms with Gasteiger partial charge in [-0.1, -0.05) is 41.9 Å². The number of carbonyl (C=O) groups excluding carboxylic acids is 1. The number of nitrogens with zero attached hydrogens (tertiary/aromatic N) is 1. The number of rotatable bonds is 6. The van der Waals surface area contributed by atoms with Crippen LogP contribution in [0.25, 0.3) is 0 Å². The lowest BCUT2D eigenvalue weighted by Crippen LogP contribution is -2.29. The van der Waals surface area contributed by atoms with E-state index in [4.69, 9.17) is 16.3 Å². The van der Waals surface area contributed by atoms with Crippen molar-refractivity contribution in [2.75, 3.05) is 23.8 Å². The molecule has 0 bridgehead atoms. The number of nitrogens with one attached hydrogen (secondary N) is 1. The molecule has 0 radical (unpaired) electrons. The van der Waals surface area contributed by atoms with Gasteiger partial charge in [0.25, 0.3) is 5.91 Å². The Labute approximate surface area is 178 Å². The number of halogens is 1. The second-order valence-electron chi connectivity index (χ2n) is 6.33. The first-order chi connectivity index (χ1) is 13.9. The number of carbonyl (C=O) groups is 1. The first-order valence-electron chi connectivity index (χ1n) is 8.87. The molecular formula is C22H21ClN2O3S. The molecule has 0 aliphatic carbocycles. The average molecular weight is 429 g/mol. The maximum atomic E-state index is 13.2. The Hall–Kier alpha value is -2.67. The number of anilines is 2. The number of hydrogen-bond donors (Lipinski definition) is 1. The second-order valence-corrected chi connectivity index (χ2v) is 8.23. The largest absolute Gasteiger partial charge is 0.588 e. The van der Waals surface area contributed by atoms with Gasteiger partial charge in [0.2, 0.25) is 0 Å². The first-order valence-corrected chi connectivity index (χ1v) is 10.4. The Kier molecular flexibility index (Phi) is 6.69. The normalized spacial score (nSPS) is 11.6. The van der Waals surface area contributed by atoms with E-state index in [0.717, 1.165) is 11.3 Å². The van der Waals surface area contributed by atoms with E-state index in [0.29, 0.717) is 26.9 Å². The molecule has 1 unspecified atom stereocenters. The predicted octanol–water partition coefficient (Wildman–Crippen LogP) is 5.07. The van der Waals surface area contributed by atoms with Crippen molar-refractivity contribution in [1.29, 1.82) is 0 Å². The molecule has 0 saturated carbocycles. The topological polar surface area (TPSA) is 64.6 Å². The maximum Gasteiger partial charge on any atom is 0.260 e. The van der Waals surface area contributed by atoms with Crippen LogP contribution in [-0.2, 0) is 11.4 Å². The molecule has 0 aliphatic heterocycles. The zero-order chi connectivity index (χ0) is 21.0. The van der Waals surface area contributed by atoms with Crippen molar-refractivity contribution in [3.63, 3.8) is 0 Å². The van der Waals surface area contributed by atoms with E-state index in [1.54, 1.807) is 47.8 Å². The molecule has 3 rings (SSSR count). The summed E-state index contributed by atoms with van der Waals surface area (Å²) >= 11 is 4.58. The minimum Gasteiger partial charge on any atom is -0.588 e. The highest BCUT2D eigenvalue weighted by molar-refractivity contribution is 7.92. The van der Waals surface area contributed by atoms with Gasteiger partial charge in [-0.15, -0.1) is 0 Å². The summed E-state index contributed by atoms with van der Waals surface area (Å²) in [6, 6.07) is 19.6. The van der Waals surface area contributed by atoms with Crippen LogP contribution in [0.15, 0.2) is 71.6 Å². The Morgan fingerprint density at radius 3 is 2.45 bits per heavy atom. The van der Waals surface area contributed by atoms with Gasteiger partial charge in [0.15, 0.2) is 4.90 Å². The van der Waals surface area contributed by atoms with Gasteiger partial charge in [-0.05, 0) is 42.8 Å². The molecule has 0 heterocycles. The predicted molar refractivity (Wildman–Crippen MR) is 118 cm³/mol. The third kappa shape index (κ3) is 4.67. The minimum atomic E-state index is -1.56. The molecule has 0 saturated heterocycles. The second kappa shape index (κ2) is 9.22. The summed E-state index contributed by atoms with van der Waals surface area (Å²) < 4.78 is 20.1. The summed E-state index contributed by atoms with van der Waals surface area (Å²) in [7, 11) is 3.24. The molecule has 5 nitrogen and oxygen atoms in total. The van der Waals surface area contributed by atoms with Crippen molar-refractivity contribution in [1.82, 2.24) is 0 Å². The molecule has 1 amide bonds. The zero-order valence-electron chi connectivity index (χ0n) is 16.3. The highest BCUT2D eigenvalue weighted by Gasteiger charge is 2.26. The number of para-hydroxylation sites is 1. The van der Waals surface area contributed by atoms with Gasteiger partial charge < -0.3 is 14.6 Å². The number of ether oxygens (including phenoxy) is 1. The van der Waals surface area contributed by atoms with E-state index in [9.17, 15) is 9.35 Å². The van der Waals surface area contributed by atoms with Crippen LogP contribution in [0.2, 0.25) is 5.02 Å². The van der Waals surface area contributed by atoms with Crippen LogP contribution in [0.3, 0.4) is 0 Å². The SMILES string of the molecule is COc1cc(Cl)c(C)cc1NC(=O)c1ccccc1[S+]([O-])N(C)c1ccccc1. The molecule has 0 aromatic heterocycles. The summed E-state index contributed by atoms with van der Waals surface area (Å²) in [5.74, 6) is 0.0735. The third-order valence-corrected chi connectivity index (χ3v) is 6.27. The number of methoxy groups -OCH3 is 1. The lowest BCUT2D eigenvalue weighted by atomic mass is 10.1. The summed E-state index contributed by atoms with van der Waals surface area (Å²) in [5.41, 5.74) is 2.42. The number of amides is 1. The minimum absolute atomic E-state index is 0.322. The summed E-state index contributed by atoms with van der Waals surface area (Å²) in [6.07, 6.45) is 0. The van der Waals surface area contributed by atoms with Crippen LogP contribution < -0.4 is 14.4 Å². The molecule has 3 aromatic carbocycles. The zero-order valence-corrected chi connectivity index (χ0v) is 17.9. The molecule has 7 heteroatoms. The van der Waals surface area contributed by atoms with Gasteiger partial charge in [0.1, 0.15) is 17.1 Å². The molecule has 1 atom stereocenters. The van der Waals surface area contributed by atoms with Gasteiger partial charge in [-0.3, -0.25) is 4.79 Å². The molecule has 0 spiro atoms. The highest BCUT2D eigenvalue weighted by atomic mass is 35.5. The van der Waals surface area contributed by atoms with Crippen molar-refractivity contribution in [2.45, 2.75) is 11.8 Å². The number of benzene rings is 3. The van der Waals surface area contributed by atoms with E-state index in [-0.39, 0.29) is 5.91 Å². The van der Waals surface area contributed by atoms with Crippen LogP contribution >= 0.6 is 11.6 Å². The quantitative estimate of drug-likeness (QED) is 0.557. The van der Waals surface area contributed by atoms with E-state index >= 15 is 0 Å². The Bertz CT molecular complexity index is 1010. The van der Waals surface area contributed by atoms with Crippen LogP contribution in [0.1, 0.15) is 15.9 Å². The third-order valence-electron chi connectivity index (χ3n) is 4.42. The molecule has 3 aromatic rings. The van der Waals surface area contributed by atoms with Crippen molar-refractivity contribution >= 4 is 40.2 Å². The standard InChI is InChI=1S/C22H21ClN2O3S/c1-15-13-19(20(28-3)14-18(15)23)24-22(26)17-11-7-8-12-21(17)29(27)25(2)16-9-5-4-6-10-16/h4-14H,1-3H3,(H,24,26). The average Bonchev–Trinajstić information content (AvgIpc) is 2.75. The van der Waals surface area contributed by atoms with Crippen LogP contribution in [-0.4, -0.2) is 24.6 Å². The van der Waals surface area contributed by atoms with Gasteiger partial charge in [-0.25, -0.2) is 0 Å². The Morgan fingerprint density at radius 2 is 1.76 bits per heavy atom. The highest BCUT2D eigenvalue weighted by Crippen LogP contribution is 2.32. The first kappa shape index (κ1) is 21.0. The number of aryl methyl sites for hydroxylation is 1. The van der Waals surface area contributed by atoms with Gasteiger partial charge >= 0.3 is 0 Å². The van der Waals surface area contributed by atoms with E-state index < -0.39 is 11.4 Å². The fourth-order valence-corrected chi connectivity index (χ4v) is 4.11. The smallest absolute Gasteiger partial charge is 0.260 e. The van der Waals surface area contributed by atoms with Crippen LogP contribution in [0, 0.1) is 6.92 Å². The molecule has 150 valence electrons. The van der Waals surface area contributed by atoms with Crippen molar-refractivity contribution in [2.24, 2.45) is 0 Å². The molecule has 29 heavy (non-hydrogen) atoms. The monoisotopic (exact) mass is 428 g/mol. The Morgan fingerprint density at radius 1 is 1.10 bits per heavy atom. The Balaban J connectivity index is 1.91. The number of hydrogen-bond acceptors (Lipinski definition) is 4. The van der Waals surface area contributed by atoms with E-state index in [2.05, 4.69) is 5.32 Å². The summed E-state index contributed by atoms with van der Waals surface area (Å²) in [5, 5.41) is 3.39. The van der Waals surface area contributed by atoms with Crippen molar-refractivity contribution in [3.05, 3.63) is 82.9 Å². The van der Waals surface area contributed by atoms with Gasteiger partial charge in [-0.2, -0.15) is 4.31 Å². The fourth-order valence-electron chi connectivity index (χ4n) is 2.81. The van der Waals surface area contributed by atoms with Gasteiger partial charge in [0.05, 0.1) is 31.1 Å².